The molecule has 1 aliphatic carbocycles. The molecule has 0 saturated heterocycles. The highest BCUT2D eigenvalue weighted by molar-refractivity contribution is 6.07. The average molecular weight is 305 g/mol. The molecule has 1 fully saturated rings. The summed E-state index contributed by atoms with van der Waals surface area (Å²) in [6.07, 6.45) is 4.27. The fraction of sp³-hybridized carbons (Fsp3) is 0.500. The highest BCUT2D eigenvalue weighted by Crippen LogP contribution is 2.32. The van der Waals surface area contributed by atoms with Crippen molar-refractivity contribution in [2.75, 3.05) is 16.8 Å². The number of carbonyl (C=O) groups excluding carboxylic acids is 2. The summed E-state index contributed by atoms with van der Waals surface area (Å²) in [5, 5.41) is 5.94. The lowest BCUT2D eigenvalue weighted by Crippen LogP contribution is -2.50. The zero-order chi connectivity index (χ0) is 15.7. The van der Waals surface area contributed by atoms with E-state index in [1.807, 2.05) is 0 Å². The first-order chi connectivity index (χ1) is 10.5. The summed E-state index contributed by atoms with van der Waals surface area (Å²) in [5.74, 6) is -0.714. The van der Waals surface area contributed by atoms with E-state index in [0.29, 0.717) is 11.4 Å². The minimum Gasteiger partial charge on any atom is -0.372 e. The molecule has 0 aromatic heterocycles. The second-order valence-corrected chi connectivity index (χ2v) is 6.00. The quantitative estimate of drug-likeness (QED) is 0.898. The van der Waals surface area contributed by atoms with Crippen LogP contribution in [0.2, 0.25) is 0 Å². The molecule has 1 heterocycles. The van der Waals surface area contributed by atoms with Crippen molar-refractivity contribution in [2.45, 2.75) is 44.7 Å². The number of anilines is 2. The van der Waals surface area contributed by atoms with Gasteiger partial charge in [-0.2, -0.15) is 0 Å². The third-order valence-corrected chi connectivity index (χ3v) is 4.28. The van der Waals surface area contributed by atoms with Crippen LogP contribution >= 0.6 is 0 Å². The maximum absolute atomic E-state index is 13.4. The number of amides is 2. The second kappa shape index (κ2) is 5.94. The van der Waals surface area contributed by atoms with Gasteiger partial charge in [0.05, 0.1) is 11.4 Å². The number of nitrogens with zero attached hydrogens (tertiary/aromatic N) is 1. The number of rotatable bonds is 3. The molecule has 1 aromatic rings. The van der Waals surface area contributed by atoms with Gasteiger partial charge < -0.3 is 10.6 Å². The Bertz CT molecular complexity index is 599. The van der Waals surface area contributed by atoms with Crippen LogP contribution in [0.15, 0.2) is 18.2 Å². The molecule has 1 aromatic carbocycles. The molecule has 0 spiro atoms. The molecule has 1 unspecified atom stereocenters. The van der Waals surface area contributed by atoms with Gasteiger partial charge in [0.15, 0.2) is 0 Å². The number of nitrogens with one attached hydrogen (secondary N) is 2. The van der Waals surface area contributed by atoms with E-state index < -0.39 is 6.04 Å². The van der Waals surface area contributed by atoms with Gasteiger partial charge >= 0.3 is 0 Å². The van der Waals surface area contributed by atoms with Gasteiger partial charge in [0, 0.05) is 6.04 Å². The van der Waals surface area contributed by atoms with E-state index in [-0.39, 0.29) is 30.2 Å². The Labute approximate surface area is 128 Å². The Morgan fingerprint density at radius 1 is 1.41 bits per heavy atom. The zero-order valence-corrected chi connectivity index (χ0v) is 12.6. The van der Waals surface area contributed by atoms with Crippen molar-refractivity contribution in [3.05, 3.63) is 24.0 Å². The molecule has 2 amide bonds. The standard InChI is InChI=1S/C16H20FN3O2/c1-10-16(22)20(9-15(21)19-12-4-2-3-5-12)14-7-6-11(17)8-13(14)18-10/h6-8,10,12,18H,2-5,9H2,1H3,(H,19,21). The summed E-state index contributed by atoms with van der Waals surface area (Å²) in [7, 11) is 0. The highest BCUT2D eigenvalue weighted by atomic mass is 19.1. The molecule has 2 N–H and O–H groups in total. The van der Waals surface area contributed by atoms with Gasteiger partial charge in [-0.3, -0.25) is 14.5 Å². The predicted molar refractivity (Wildman–Crippen MR) is 82.2 cm³/mol. The van der Waals surface area contributed by atoms with E-state index in [2.05, 4.69) is 10.6 Å². The van der Waals surface area contributed by atoms with Crippen molar-refractivity contribution in [1.82, 2.24) is 5.32 Å². The fourth-order valence-electron chi connectivity index (χ4n) is 3.16. The largest absolute Gasteiger partial charge is 0.372 e. The van der Waals surface area contributed by atoms with Crippen molar-refractivity contribution < 1.29 is 14.0 Å². The number of fused-ring (bicyclic) bond motifs is 1. The molecule has 1 atom stereocenters. The van der Waals surface area contributed by atoms with Gasteiger partial charge in [-0.05, 0) is 38.0 Å². The van der Waals surface area contributed by atoms with Crippen LogP contribution in [-0.4, -0.2) is 30.4 Å². The summed E-state index contributed by atoms with van der Waals surface area (Å²) >= 11 is 0. The molecule has 0 bridgehead atoms. The van der Waals surface area contributed by atoms with Crippen LogP contribution in [0.4, 0.5) is 15.8 Å². The summed E-state index contributed by atoms with van der Waals surface area (Å²) in [6.45, 7) is 1.68. The lowest BCUT2D eigenvalue weighted by Gasteiger charge is -2.33. The van der Waals surface area contributed by atoms with Crippen LogP contribution in [0.1, 0.15) is 32.6 Å². The van der Waals surface area contributed by atoms with Gasteiger partial charge in [-0.15, -0.1) is 0 Å². The van der Waals surface area contributed by atoms with Gasteiger partial charge in [0.2, 0.25) is 11.8 Å². The number of benzene rings is 1. The minimum absolute atomic E-state index is 0.0278. The number of hydrogen-bond donors (Lipinski definition) is 2. The van der Waals surface area contributed by atoms with Crippen molar-refractivity contribution in [3.8, 4) is 0 Å². The molecular formula is C16H20FN3O2. The topological polar surface area (TPSA) is 61.4 Å². The van der Waals surface area contributed by atoms with E-state index in [1.54, 1.807) is 6.92 Å². The van der Waals surface area contributed by atoms with Crippen LogP contribution in [0.3, 0.4) is 0 Å². The normalized spacial score (nSPS) is 21.5. The lowest BCUT2D eigenvalue weighted by molar-refractivity contribution is -0.124. The number of hydrogen-bond acceptors (Lipinski definition) is 3. The Morgan fingerprint density at radius 3 is 2.86 bits per heavy atom. The summed E-state index contributed by atoms with van der Waals surface area (Å²) < 4.78 is 13.4. The van der Waals surface area contributed by atoms with Crippen LogP contribution in [0.25, 0.3) is 0 Å². The first-order valence-electron chi connectivity index (χ1n) is 7.71. The molecular weight excluding hydrogens is 285 g/mol. The summed E-state index contributed by atoms with van der Waals surface area (Å²) in [4.78, 5) is 26.0. The summed E-state index contributed by atoms with van der Waals surface area (Å²) in [6, 6.07) is 3.92. The van der Waals surface area contributed by atoms with E-state index in [1.165, 1.54) is 23.1 Å². The zero-order valence-electron chi connectivity index (χ0n) is 12.6. The Balaban J connectivity index is 1.76. The highest BCUT2D eigenvalue weighted by Gasteiger charge is 2.31. The van der Waals surface area contributed by atoms with Crippen molar-refractivity contribution in [2.24, 2.45) is 0 Å². The molecule has 1 saturated carbocycles. The van der Waals surface area contributed by atoms with Crippen LogP contribution in [0, 0.1) is 5.82 Å². The monoisotopic (exact) mass is 305 g/mol. The van der Waals surface area contributed by atoms with Gasteiger partial charge in [0.25, 0.3) is 0 Å². The molecule has 118 valence electrons. The number of carbonyl (C=O) groups is 2. The van der Waals surface area contributed by atoms with Crippen LogP contribution in [-0.2, 0) is 9.59 Å². The van der Waals surface area contributed by atoms with E-state index in [0.717, 1.165) is 25.7 Å². The first kappa shape index (κ1) is 14.8. The maximum Gasteiger partial charge on any atom is 0.249 e. The lowest BCUT2D eigenvalue weighted by atomic mass is 10.1. The first-order valence-corrected chi connectivity index (χ1v) is 7.71. The molecule has 22 heavy (non-hydrogen) atoms. The Morgan fingerprint density at radius 2 is 2.14 bits per heavy atom. The van der Waals surface area contributed by atoms with Crippen molar-refractivity contribution in [1.29, 1.82) is 0 Å². The van der Waals surface area contributed by atoms with Gasteiger partial charge in [0.1, 0.15) is 18.4 Å². The Kier molecular flexibility index (Phi) is 4.00. The van der Waals surface area contributed by atoms with E-state index in [4.69, 9.17) is 0 Å². The SMILES string of the molecule is CC1Nc2cc(F)ccc2N(CC(=O)NC2CCCC2)C1=O. The number of halogens is 1. The molecule has 2 aliphatic rings. The average Bonchev–Trinajstić information content (AvgIpc) is 2.96. The molecule has 6 heteroatoms. The fourth-order valence-corrected chi connectivity index (χ4v) is 3.16. The summed E-state index contributed by atoms with van der Waals surface area (Å²) in [5.41, 5.74) is 1.09. The van der Waals surface area contributed by atoms with E-state index in [9.17, 15) is 14.0 Å². The molecule has 3 rings (SSSR count). The minimum atomic E-state index is -0.478. The second-order valence-electron chi connectivity index (χ2n) is 6.00. The smallest absolute Gasteiger partial charge is 0.249 e. The molecule has 0 radical (unpaired) electrons. The van der Waals surface area contributed by atoms with Gasteiger partial charge in [-0.25, -0.2) is 4.39 Å². The third-order valence-electron chi connectivity index (χ3n) is 4.28. The van der Waals surface area contributed by atoms with Crippen LogP contribution < -0.4 is 15.5 Å². The van der Waals surface area contributed by atoms with Crippen molar-refractivity contribution >= 4 is 23.2 Å². The Hall–Kier alpha value is -2.11. The third kappa shape index (κ3) is 2.91. The van der Waals surface area contributed by atoms with Crippen molar-refractivity contribution in [3.63, 3.8) is 0 Å². The molecule has 1 aliphatic heterocycles. The van der Waals surface area contributed by atoms with Gasteiger partial charge in [-0.1, -0.05) is 12.8 Å². The van der Waals surface area contributed by atoms with E-state index >= 15 is 0 Å². The maximum atomic E-state index is 13.4. The molecule has 5 nitrogen and oxygen atoms in total. The van der Waals surface area contributed by atoms with Crippen LogP contribution in [0.5, 0.6) is 0 Å². The predicted octanol–water partition coefficient (Wildman–Crippen LogP) is 2.03.